The summed E-state index contributed by atoms with van der Waals surface area (Å²) in [6.45, 7) is 4.34. The molecule has 0 atom stereocenters. The summed E-state index contributed by atoms with van der Waals surface area (Å²) in [5.74, 6) is 0.511. The highest BCUT2D eigenvalue weighted by atomic mass is 16.5. The van der Waals surface area contributed by atoms with Crippen molar-refractivity contribution in [2.45, 2.75) is 6.54 Å². The maximum absolute atomic E-state index is 12.4. The fourth-order valence-electron chi connectivity index (χ4n) is 3.63. The Morgan fingerprint density at radius 2 is 1.67 bits per heavy atom. The molecule has 0 aliphatic carbocycles. The van der Waals surface area contributed by atoms with E-state index in [1.54, 1.807) is 24.3 Å². The summed E-state index contributed by atoms with van der Waals surface area (Å²) in [4.78, 5) is 28.2. The van der Waals surface area contributed by atoms with Crippen molar-refractivity contribution in [2.75, 3.05) is 37.7 Å². The van der Waals surface area contributed by atoms with E-state index >= 15 is 0 Å². The third-order valence-electron chi connectivity index (χ3n) is 5.32. The molecular weight excluding hydrogens is 380 g/mol. The van der Waals surface area contributed by atoms with Crippen LogP contribution < -0.4 is 20.0 Å². The number of benzene rings is 2. The van der Waals surface area contributed by atoms with Crippen molar-refractivity contribution in [3.05, 3.63) is 94.5 Å². The molecule has 0 bridgehead atoms. The first-order chi connectivity index (χ1) is 14.7. The highest BCUT2D eigenvalue weighted by Gasteiger charge is 2.21. The molecule has 1 fully saturated rings. The molecule has 0 saturated carbocycles. The number of carbonyl (C=O) groups excluding carboxylic acids is 1. The van der Waals surface area contributed by atoms with Crippen molar-refractivity contribution in [3.63, 3.8) is 0 Å². The number of hydrogen-bond acceptors (Lipinski definition) is 5. The number of nitrogens with one attached hydrogen (secondary N) is 1. The van der Waals surface area contributed by atoms with Crippen LogP contribution in [-0.4, -0.2) is 38.6 Å². The number of hydrogen-bond donors (Lipinski definition) is 1. The largest absolute Gasteiger partial charge is 0.478 e. The Hall–Kier alpha value is -3.38. The number of rotatable bonds is 7. The number of piperazine rings is 1. The highest BCUT2D eigenvalue weighted by molar-refractivity contribution is 5.97. The van der Waals surface area contributed by atoms with Gasteiger partial charge in [-0.05, 0) is 12.1 Å². The van der Waals surface area contributed by atoms with E-state index in [-0.39, 0.29) is 23.6 Å². The zero-order valence-electron chi connectivity index (χ0n) is 16.8. The summed E-state index contributed by atoms with van der Waals surface area (Å²) in [6, 6.07) is 20.7. The van der Waals surface area contributed by atoms with Crippen LogP contribution in [0.1, 0.15) is 16.1 Å². The van der Waals surface area contributed by atoms with Gasteiger partial charge in [0.2, 0.25) is 11.2 Å². The number of carbonyl (C=O) groups is 1. The lowest BCUT2D eigenvalue weighted by molar-refractivity contribution is -0.915. The van der Waals surface area contributed by atoms with Gasteiger partial charge in [0.25, 0.3) is 0 Å². The van der Waals surface area contributed by atoms with Crippen molar-refractivity contribution in [1.82, 2.24) is 0 Å². The molecule has 0 spiro atoms. The van der Waals surface area contributed by atoms with Gasteiger partial charge in [-0.25, -0.2) is 0 Å². The average Bonchev–Trinajstić information content (AvgIpc) is 2.80. The van der Waals surface area contributed by atoms with Gasteiger partial charge in [-0.2, -0.15) is 0 Å². The van der Waals surface area contributed by atoms with Crippen molar-refractivity contribution in [1.29, 1.82) is 0 Å². The summed E-state index contributed by atoms with van der Waals surface area (Å²) in [5.41, 5.74) is 1.53. The number of anilines is 1. The molecule has 1 N–H and O–H groups in total. The van der Waals surface area contributed by atoms with Crippen molar-refractivity contribution < 1.29 is 18.8 Å². The van der Waals surface area contributed by atoms with Crippen LogP contribution in [0, 0.1) is 0 Å². The smallest absolute Gasteiger partial charge is 0.227 e. The SMILES string of the molecule is O=C(COc1coc(C[NH+]2CCN(c3ccccc3)CC2)cc1=O)c1ccccc1. The van der Waals surface area contributed by atoms with Crippen LogP contribution in [-0.2, 0) is 6.54 Å². The van der Waals surface area contributed by atoms with Crippen molar-refractivity contribution in [3.8, 4) is 5.75 Å². The fourth-order valence-corrected chi connectivity index (χ4v) is 3.63. The van der Waals surface area contributed by atoms with Crippen LogP contribution in [0.15, 0.2) is 82.2 Å². The lowest BCUT2D eigenvalue weighted by Gasteiger charge is -2.33. The predicted molar refractivity (Wildman–Crippen MR) is 114 cm³/mol. The van der Waals surface area contributed by atoms with E-state index in [0.29, 0.717) is 17.9 Å². The molecular formula is C24H25N2O4+. The van der Waals surface area contributed by atoms with Crippen LogP contribution in [0.2, 0.25) is 0 Å². The molecule has 154 valence electrons. The van der Waals surface area contributed by atoms with Crippen LogP contribution in [0.3, 0.4) is 0 Å². The van der Waals surface area contributed by atoms with E-state index in [2.05, 4.69) is 29.2 Å². The predicted octanol–water partition coefficient (Wildman–Crippen LogP) is 1.81. The molecule has 6 nitrogen and oxygen atoms in total. The van der Waals surface area contributed by atoms with Crippen LogP contribution >= 0.6 is 0 Å². The Bertz CT molecular complexity index is 1030. The summed E-state index contributed by atoms with van der Waals surface area (Å²) < 4.78 is 11.0. The number of para-hydroxylation sites is 1. The minimum absolute atomic E-state index is 0.0620. The Balaban J connectivity index is 1.29. The van der Waals surface area contributed by atoms with E-state index in [0.717, 1.165) is 26.2 Å². The molecule has 0 amide bonds. The number of Topliss-reactive ketones (excluding diaryl/α,β-unsaturated/α-hetero) is 1. The number of nitrogens with zero attached hydrogens (tertiary/aromatic N) is 1. The fraction of sp³-hybridized carbons (Fsp3) is 0.250. The Morgan fingerprint density at radius 3 is 2.33 bits per heavy atom. The Labute approximate surface area is 175 Å². The number of ketones is 1. The second-order valence-corrected chi connectivity index (χ2v) is 7.40. The molecule has 1 aromatic heterocycles. The molecule has 30 heavy (non-hydrogen) atoms. The second kappa shape index (κ2) is 9.41. The molecule has 4 rings (SSSR count). The maximum Gasteiger partial charge on any atom is 0.227 e. The van der Waals surface area contributed by atoms with Gasteiger partial charge in [-0.15, -0.1) is 0 Å². The zero-order chi connectivity index (χ0) is 20.8. The minimum atomic E-state index is -0.264. The lowest BCUT2D eigenvalue weighted by atomic mass is 10.1. The average molecular weight is 405 g/mol. The van der Waals surface area contributed by atoms with E-state index < -0.39 is 0 Å². The van der Waals surface area contributed by atoms with E-state index in [9.17, 15) is 9.59 Å². The Kier molecular flexibility index (Phi) is 6.25. The van der Waals surface area contributed by atoms with Crippen LogP contribution in [0.4, 0.5) is 5.69 Å². The summed E-state index contributed by atoms with van der Waals surface area (Å²) in [5, 5.41) is 0. The van der Waals surface area contributed by atoms with Gasteiger partial charge in [0, 0.05) is 17.3 Å². The van der Waals surface area contributed by atoms with Gasteiger partial charge in [0.05, 0.1) is 26.2 Å². The third-order valence-corrected chi connectivity index (χ3v) is 5.32. The quantitative estimate of drug-likeness (QED) is 0.608. The second-order valence-electron chi connectivity index (χ2n) is 7.40. The molecule has 0 radical (unpaired) electrons. The molecule has 6 heteroatoms. The molecule has 0 unspecified atom stereocenters. The van der Waals surface area contributed by atoms with Crippen LogP contribution in [0.25, 0.3) is 0 Å². The van der Waals surface area contributed by atoms with Gasteiger partial charge in [0.15, 0.2) is 18.2 Å². The number of ether oxygens (including phenoxy) is 1. The van der Waals surface area contributed by atoms with E-state index in [4.69, 9.17) is 9.15 Å². The minimum Gasteiger partial charge on any atom is -0.478 e. The van der Waals surface area contributed by atoms with Gasteiger partial charge >= 0.3 is 0 Å². The molecule has 1 saturated heterocycles. The zero-order valence-corrected chi connectivity index (χ0v) is 16.8. The third kappa shape index (κ3) is 4.96. The normalized spacial score (nSPS) is 14.5. The summed E-state index contributed by atoms with van der Waals surface area (Å²) in [6.07, 6.45) is 1.32. The molecule has 1 aliphatic heterocycles. The van der Waals surface area contributed by atoms with E-state index in [1.165, 1.54) is 22.9 Å². The first-order valence-electron chi connectivity index (χ1n) is 10.2. The topological polar surface area (TPSA) is 64.2 Å². The molecule has 1 aliphatic rings. The van der Waals surface area contributed by atoms with Gasteiger partial charge in [0.1, 0.15) is 12.8 Å². The molecule has 2 aromatic carbocycles. The first-order valence-corrected chi connectivity index (χ1v) is 10.2. The summed E-state index contributed by atoms with van der Waals surface area (Å²) in [7, 11) is 0. The van der Waals surface area contributed by atoms with Gasteiger partial charge in [-0.3, -0.25) is 9.59 Å². The van der Waals surface area contributed by atoms with Crippen LogP contribution in [0.5, 0.6) is 5.75 Å². The number of quaternary nitrogens is 1. The van der Waals surface area contributed by atoms with E-state index in [1.807, 2.05) is 12.1 Å². The van der Waals surface area contributed by atoms with Crippen molar-refractivity contribution in [2.24, 2.45) is 0 Å². The molecule has 3 aromatic rings. The summed E-state index contributed by atoms with van der Waals surface area (Å²) >= 11 is 0. The Morgan fingerprint density at radius 1 is 1.00 bits per heavy atom. The van der Waals surface area contributed by atoms with Crippen molar-refractivity contribution >= 4 is 11.5 Å². The van der Waals surface area contributed by atoms with Gasteiger partial charge < -0.3 is 19.0 Å². The first kappa shape index (κ1) is 19.9. The lowest BCUT2D eigenvalue weighted by Crippen LogP contribution is -3.13. The maximum atomic E-state index is 12.4. The highest BCUT2D eigenvalue weighted by Crippen LogP contribution is 2.13. The van der Waals surface area contributed by atoms with Gasteiger partial charge in [-0.1, -0.05) is 48.5 Å². The molecule has 2 heterocycles. The monoisotopic (exact) mass is 405 g/mol. The standard InChI is InChI=1S/C24H24N2O4/c27-22-15-21(16-25-11-13-26(14-12-25)20-9-5-2-6-10-20)29-18-24(22)30-17-23(28)19-7-3-1-4-8-19/h1-10,15,18H,11-14,16-17H2/p+1.